The van der Waals surface area contributed by atoms with Crippen LogP contribution in [0.1, 0.15) is 51.2 Å². The lowest BCUT2D eigenvalue weighted by atomic mass is 9.79. The van der Waals surface area contributed by atoms with Crippen LogP contribution in [0.25, 0.3) is 0 Å². The molecule has 0 saturated carbocycles. The van der Waals surface area contributed by atoms with Gasteiger partial charge < -0.3 is 9.64 Å². The van der Waals surface area contributed by atoms with E-state index in [0.717, 1.165) is 29.2 Å². The fraction of sp³-hybridized carbons (Fsp3) is 0.417. The minimum atomic E-state index is -0.127. The molecule has 0 aromatic heterocycles. The Balaban J connectivity index is 1.58. The summed E-state index contributed by atoms with van der Waals surface area (Å²) in [5, 5.41) is 4.15. The van der Waals surface area contributed by atoms with Gasteiger partial charge in [0.05, 0.1) is 19.1 Å². The van der Waals surface area contributed by atoms with Crippen molar-refractivity contribution in [3.63, 3.8) is 0 Å². The number of hydrogen-bond donors (Lipinski definition) is 1. The molecule has 1 N–H and O–H groups in total. The normalized spacial score (nSPS) is 17.6. The lowest BCUT2D eigenvalue weighted by Crippen LogP contribution is -2.48. The van der Waals surface area contributed by atoms with Crippen molar-refractivity contribution in [3.05, 3.63) is 53.6 Å². The summed E-state index contributed by atoms with van der Waals surface area (Å²) in [4.78, 5) is 15.6. The fourth-order valence-electron chi connectivity index (χ4n) is 4.22. The molecule has 5 nitrogen and oxygen atoms in total. The van der Waals surface area contributed by atoms with E-state index in [2.05, 4.69) is 61.3 Å². The maximum Gasteiger partial charge on any atom is 0.250 e. The van der Waals surface area contributed by atoms with E-state index < -0.39 is 0 Å². The van der Waals surface area contributed by atoms with Gasteiger partial charge in [0.15, 0.2) is 0 Å². The summed E-state index contributed by atoms with van der Waals surface area (Å²) in [6.45, 7) is 10.1. The number of rotatable bonds is 7. The molecule has 2 aromatic carbocycles. The first-order valence-electron chi connectivity index (χ1n) is 10.3. The van der Waals surface area contributed by atoms with Gasteiger partial charge in [0.1, 0.15) is 5.75 Å². The van der Waals surface area contributed by atoms with Crippen molar-refractivity contribution in [2.24, 2.45) is 5.10 Å². The molecule has 1 aliphatic rings. The number of fused-ring (bicyclic) bond motifs is 1. The van der Waals surface area contributed by atoms with E-state index in [4.69, 9.17) is 4.74 Å². The first-order valence-corrected chi connectivity index (χ1v) is 11.3. The highest BCUT2D eigenvalue weighted by atomic mass is 32.2. The Morgan fingerprint density at radius 2 is 2.03 bits per heavy atom. The van der Waals surface area contributed by atoms with Crippen molar-refractivity contribution in [2.45, 2.75) is 50.5 Å². The molecule has 30 heavy (non-hydrogen) atoms. The zero-order chi connectivity index (χ0) is 21.7. The number of methoxy groups -OCH3 is 1. The quantitative estimate of drug-likeness (QED) is 0.383. The third kappa shape index (κ3) is 5.17. The summed E-state index contributed by atoms with van der Waals surface area (Å²) in [7, 11) is 1.64. The van der Waals surface area contributed by atoms with E-state index in [9.17, 15) is 4.79 Å². The van der Waals surface area contributed by atoms with Crippen molar-refractivity contribution in [1.29, 1.82) is 0 Å². The molecule has 1 heterocycles. The highest BCUT2D eigenvalue weighted by Gasteiger charge is 2.35. The van der Waals surface area contributed by atoms with Gasteiger partial charge in [-0.05, 0) is 80.6 Å². The number of hydrazone groups is 1. The second-order valence-corrected chi connectivity index (χ2v) is 9.29. The Bertz CT molecular complexity index is 909. The monoisotopic (exact) mass is 425 g/mol. The van der Waals surface area contributed by atoms with Crippen molar-refractivity contribution < 1.29 is 9.53 Å². The van der Waals surface area contributed by atoms with Crippen LogP contribution in [0.15, 0.2) is 52.5 Å². The van der Waals surface area contributed by atoms with Crippen LogP contribution in [0.2, 0.25) is 0 Å². The highest BCUT2D eigenvalue weighted by Crippen LogP contribution is 2.43. The number of anilines is 1. The second-order valence-electron chi connectivity index (χ2n) is 8.24. The molecule has 3 rings (SSSR count). The van der Waals surface area contributed by atoms with Gasteiger partial charge in [-0.25, -0.2) is 5.43 Å². The van der Waals surface area contributed by atoms with Gasteiger partial charge in [-0.2, -0.15) is 5.10 Å². The maximum atomic E-state index is 12.1. The topological polar surface area (TPSA) is 53.9 Å². The van der Waals surface area contributed by atoms with Crippen LogP contribution in [0, 0.1) is 0 Å². The van der Waals surface area contributed by atoms with E-state index in [1.165, 1.54) is 23.0 Å². The Labute approximate surface area is 183 Å². The van der Waals surface area contributed by atoms with Crippen LogP contribution in [-0.2, 0) is 4.79 Å². The molecular weight excluding hydrogens is 394 g/mol. The summed E-state index contributed by atoms with van der Waals surface area (Å²) < 4.78 is 5.14. The largest absolute Gasteiger partial charge is 0.497 e. The molecule has 0 spiro atoms. The van der Waals surface area contributed by atoms with Crippen LogP contribution in [0.4, 0.5) is 5.69 Å². The Morgan fingerprint density at radius 3 is 2.70 bits per heavy atom. The smallest absolute Gasteiger partial charge is 0.250 e. The zero-order valence-corrected chi connectivity index (χ0v) is 19.3. The van der Waals surface area contributed by atoms with Gasteiger partial charge >= 0.3 is 0 Å². The number of amides is 1. The van der Waals surface area contributed by atoms with E-state index in [0.29, 0.717) is 11.7 Å². The summed E-state index contributed by atoms with van der Waals surface area (Å²) in [6, 6.07) is 14.1. The summed E-state index contributed by atoms with van der Waals surface area (Å²) >= 11 is 1.47. The number of carbonyl (C=O) groups is 1. The molecule has 1 amide bonds. The van der Waals surface area contributed by atoms with Crippen LogP contribution in [0.5, 0.6) is 5.75 Å². The molecule has 0 radical (unpaired) electrons. The lowest BCUT2D eigenvalue weighted by molar-refractivity contribution is -0.118. The highest BCUT2D eigenvalue weighted by molar-refractivity contribution is 8.00. The van der Waals surface area contributed by atoms with Gasteiger partial charge in [-0.1, -0.05) is 13.0 Å². The van der Waals surface area contributed by atoms with Crippen LogP contribution in [0.3, 0.4) is 0 Å². The number of nitrogens with zero attached hydrogens (tertiary/aromatic N) is 2. The van der Waals surface area contributed by atoms with E-state index in [1.54, 1.807) is 13.3 Å². The predicted octanol–water partition coefficient (Wildman–Crippen LogP) is 5.05. The first kappa shape index (κ1) is 22.2. The number of ether oxygens (including phenoxy) is 1. The molecule has 1 unspecified atom stereocenters. The molecule has 160 valence electrons. The average molecular weight is 426 g/mol. The van der Waals surface area contributed by atoms with Crippen molar-refractivity contribution >= 4 is 29.6 Å². The molecule has 6 heteroatoms. The molecule has 2 aromatic rings. The van der Waals surface area contributed by atoms with E-state index in [1.807, 2.05) is 24.3 Å². The first-order chi connectivity index (χ1) is 14.3. The Morgan fingerprint density at radius 1 is 1.30 bits per heavy atom. The third-order valence-electron chi connectivity index (χ3n) is 5.56. The molecule has 1 atom stereocenters. The van der Waals surface area contributed by atoms with Gasteiger partial charge in [0.25, 0.3) is 0 Å². The minimum Gasteiger partial charge on any atom is -0.497 e. The number of thioether (sulfide) groups is 1. The number of benzene rings is 2. The molecule has 0 bridgehead atoms. The van der Waals surface area contributed by atoms with Crippen LogP contribution >= 0.6 is 11.8 Å². The van der Waals surface area contributed by atoms with Crippen molar-refractivity contribution in [3.8, 4) is 5.75 Å². The van der Waals surface area contributed by atoms with Gasteiger partial charge in [0.2, 0.25) is 5.91 Å². The van der Waals surface area contributed by atoms with Gasteiger partial charge in [0, 0.05) is 22.7 Å². The Kier molecular flexibility index (Phi) is 7.08. The average Bonchev–Trinajstić information content (AvgIpc) is 2.72. The zero-order valence-electron chi connectivity index (χ0n) is 18.4. The lowest BCUT2D eigenvalue weighted by Gasteiger charge is -2.47. The third-order valence-corrected chi connectivity index (χ3v) is 6.57. The van der Waals surface area contributed by atoms with E-state index in [-0.39, 0.29) is 11.4 Å². The number of hydrogen-bond acceptors (Lipinski definition) is 5. The standard InChI is InChI=1S/C24H31N3O2S/c1-6-27-22-12-7-18(13-21(22)17(2)14-24(27,3)4)15-25-26-23(28)16-30-20-10-8-19(29-5)9-11-20/h7-13,15,17H,6,14,16H2,1-5H3,(H,26,28)/b25-15+. The Hall–Kier alpha value is -2.47. The summed E-state index contributed by atoms with van der Waals surface area (Å²) in [5.74, 6) is 1.48. The molecule has 1 aliphatic heterocycles. The number of nitrogens with one attached hydrogen (secondary N) is 1. The van der Waals surface area contributed by atoms with Crippen molar-refractivity contribution in [2.75, 3.05) is 24.3 Å². The predicted molar refractivity (Wildman–Crippen MR) is 126 cm³/mol. The van der Waals surface area contributed by atoms with Crippen molar-refractivity contribution in [1.82, 2.24) is 5.43 Å². The van der Waals surface area contributed by atoms with Gasteiger partial charge in [-0.15, -0.1) is 11.8 Å². The number of carbonyl (C=O) groups excluding carboxylic acids is 1. The molecule has 0 aliphatic carbocycles. The second kappa shape index (κ2) is 9.56. The minimum absolute atomic E-state index is 0.127. The van der Waals surface area contributed by atoms with E-state index >= 15 is 0 Å². The molecule has 0 fully saturated rings. The maximum absolute atomic E-state index is 12.1. The molecule has 0 saturated heterocycles. The summed E-state index contributed by atoms with van der Waals surface area (Å²) in [5.41, 5.74) is 6.43. The van der Waals surface area contributed by atoms with Crippen LogP contribution in [-0.4, -0.2) is 37.1 Å². The SMILES string of the molecule is CCN1c2ccc(/C=N/NC(=O)CSc3ccc(OC)cc3)cc2C(C)CC1(C)C. The molecular formula is C24H31N3O2S. The van der Waals surface area contributed by atoms with Gasteiger partial charge in [-0.3, -0.25) is 4.79 Å². The fourth-order valence-corrected chi connectivity index (χ4v) is 4.91. The van der Waals surface area contributed by atoms with Crippen LogP contribution < -0.4 is 15.1 Å². The summed E-state index contributed by atoms with van der Waals surface area (Å²) in [6.07, 6.45) is 2.84.